The van der Waals surface area contributed by atoms with E-state index in [1.807, 2.05) is 101 Å². The van der Waals surface area contributed by atoms with Gasteiger partial charge in [-0.25, -0.2) is 4.79 Å². The van der Waals surface area contributed by atoms with Crippen molar-refractivity contribution in [3.05, 3.63) is 78.4 Å². The van der Waals surface area contributed by atoms with Crippen LogP contribution in [0.5, 0.6) is 5.75 Å². The number of carbonyl (C=O) groups excluding carboxylic acids is 4. The van der Waals surface area contributed by atoms with Crippen LogP contribution in [0.1, 0.15) is 54.0 Å². The Labute approximate surface area is 287 Å². The number of thioether (sulfide) groups is 1. The molecule has 48 heavy (non-hydrogen) atoms. The number of carbonyl (C=O) groups is 4. The minimum absolute atomic E-state index is 0.218. The van der Waals surface area contributed by atoms with Crippen molar-refractivity contribution in [2.24, 2.45) is 11.7 Å². The van der Waals surface area contributed by atoms with Crippen LogP contribution < -0.4 is 21.1 Å². The minimum atomic E-state index is -1.41. The highest BCUT2D eigenvalue weighted by Crippen LogP contribution is 2.40. The van der Waals surface area contributed by atoms with Gasteiger partial charge < -0.3 is 30.7 Å². The molecule has 1 aliphatic rings. The molecule has 0 aromatic heterocycles. The molecule has 1 saturated heterocycles. The van der Waals surface area contributed by atoms with Crippen LogP contribution in [0.4, 0.5) is 0 Å². The molecule has 10 nitrogen and oxygen atoms in total. The average molecular weight is 677 g/mol. The largest absolute Gasteiger partial charge is 0.483 e. The molecule has 4 atom stereocenters. The topological polar surface area (TPSA) is 140 Å². The van der Waals surface area contributed by atoms with Crippen molar-refractivity contribution in [1.82, 2.24) is 15.5 Å². The average Bonchev–Trinajstić information content (AvgIpc) is 3.35. The summed E-state index contributed by atoms with van der Waals surface area (Å²) in [5, 5.41) is 7.56. The lowest BCUT2D eigenvalue weighted by molar-refractivity contribution is -0.166. The molecule has 0 unspecified atom stereocenters. The summed E-state index contributed by atoms with van der Waals surface area (Å²) in [6, 6.07) is 19.8. The van der Waals surface area contributed by atoms with E-state index in [4.69, 9.17) is 15.2 Å². The maximum atomic E-state index is 14.3. The third-order valence-electron chi connectivity index (χ3n) is 8.11. The van der Waals surface area contributed by atoms with Crippen LogP contribution in [0, 0.1) is 5.92 Å². The normalized spacial score (nSPS) is 17.8. The summed E-state index contributed by atoms with van der Waals surface area (Å²) in [5.41, 5.74) is 6.99. The molecule has 0 radical (unpaired) electrons. The quantitative estimate of drug-likeness (QED) is 0.240. The molecule has 4 rings (SSSR count). The van der Waals surface area contributed by atoms with E-state index >= 15 is 0 Å². The maximum absolute atomic E-state index is 14.3. The van der Waals surface area contributed by atoms with Crippen LogP contribution in [0.3, 0.4) is 0 Å². The minimum Gasteiger partial charge on any atom is -0.483 e. The zero-order valence-corrected chi connectivity index (χ0v) is 29.6. The monoisotopic (exact) mass is 676 g/mol. The predicted octanol–water partition coefficient (Wildman–Crippen LogP) is 4.44. The molecule has 1 fully saturated rings. The lowest BCUT2D eigenvalue weighted by Crippen LogP contribution is -2.61. The molecule has 258 valence electrons. The Morgan fingerprint density at radius 2 is 1.62 bits per heavy atom. The Morgan fingerprint density at radius 3 is 2.29 bits per heavy atom. The Balaban J connectivity index is 1.54. The number of fused-ring (bicyclic) bond motifs is 1. The van der Waals surface area contributed by atoms with Crippen LogP contribution in [0.2, 0.25) is 0 Å². The summed E-state index contributed by atoms with van der Waals surface area (Å²) in [4.78, 5) is 56.2. The van der Waals surface area contributed by atoms with Crippen LogP contribution in [-0.2, 0) is 30.3 Å². The van der Waals surface area contributed by atoms with Gasteiger partial charge in [0, 0.05) is 15.7 Å². The zero-order valence-electron chi connectivity index (χ0n) is 28.8. The smallest absolute Gasteiger partial charge is 0.329 e. The number of hydrogen-bond acceptors (Lipinski definition) is 8. The number of ether oxygens (including phenoxy) is 2. The van der Waals surface area contributed by atoms with Crippen molar-refractivity contribution in [2.45, 2.75) is 89.4 Å². The van der Waals surface area contributed by atoms with Crippen molar-refractivity contribution < 1.29 is 28.7 Å². The number of esters is 1. The molecule has 0 spiro atoms. The number of amides is 3. The van der Waals surface area contributed by atoms with Gasteiger partial charge in [0.15, 0.2) is 12.7 Å². The summed E-state index contributed by atoms with van der Waals surface area (Å²) in [6.07, 6.45) is -1.17. The van der Waals surface area contributed by atoms with Gasteiger partial charge >= 0.3 is 5.97 Å². The van der Waals surface area contributed by atoms with Gasteiger partial charge in [0.1, 0.15) is 17.8 Å². The van der Waals surface area contributed by atoms with Crippen LogP contribution in [0.25, 0.3) is 10.8 Å². The fourth-order valence-corrected chi connectivity index (χ4v) is 6.84. The molecule has 4 N–H and O–H groups in total. The second-order valence-corrected chi connectivity index (χ2v) is 15.7. The van der Waals surface area contributed by atoms with Gasteiger partial charge in [0.05, 0.1) is 11.9 Å². The number of nitrogens with zero attached hydrogens (tertiary/aromatic N) is 1. The molecular weight excluding hydrogens is 628 g/mol. The summed E-state index contributed by atoms with van der Waals surface area (Å²) in [5.74, 6) is -1.81. The van der Waals surface area contributed by atoms with Crippen molar-refractivity contribution >= 4 is 46.2 Å². The first-order valence-electron chi connectivity index (χ1n) is 16.2. The number of nitrogens with two attached hydrogens (primary N) is 1. The van der Waals surface area contributed by atoms with E-state index < -0.39 is 52.3 Å². The van der Waals surface area contributed by atoms with Gasteiger partial charge in [-0.05, 0) is 64.0 Å². The summed E-state index contributed by atoms with van der Waals surface area (Å²) >= 11 is 1.47. The molecular formula is C37H48N4O6S. The Morgan fingerprint density at radius 1 is 0.979 bits per heavy atom. The van der Waals surface area contributed by atoms with E-state index in [2.05, 4.69) is 10.6 Å². The molecule has 0 saturated carbocycles. The van der Waals surface area contributed by atoms with Crippen LogP contribution >= 0.6 is 11.8 Å². The molecule has 3 aromatic rings. The number of rotatable bonds is 12. The zero-order chi connectivity index (χ0) is 35.2. The molecule has 0 aliphatic carbocycles. The first kappa shape index (κ1) is 36.7. The fraction of sp³-hybridized carbons (Fsp3) is 0.459. The Hall–Kier alpha value is -4.09. The third kappa shape index (κ3) is 9.29. The van der Waals surface area contributed by atoms with E-state index in [1.165, 1.54) is 16.7 Å². The van der Waals surface area contributed by atoms with Gasteiger partial charge in [0.25, 0.3) is 11.8 Å². The highest BCUT2D eigenvalue weighted by Gasteiger charge is 2.51. The molecule has 1 aliphatic heterocycles. The summed E-state index contributed by atoms with van der Waals surface area (Å²) < 4.78 is 11.2. The fourth-order valence-electron chi connectivity index (χ4n) is 5.70. The van der Waals surface area contributed by atoms with Crippen molar-refractivity contribution in [3.63, 3.8) is 0 Å². The molecule has 3 amide bonds. The lowest BCUT2D eigenvalue weighted by atomic mass is 9.96. The SMILES string of the molecule is CC(C)[C@H](NC(=O)COc1cccc2ccccc12)C(=O)O[C@H](C(=O)N1CSC(C)(C)[C@H]1C(=O)NC(C)(C)C)[C@@H](N)Cc1ccccc1. The Kier molecular flexibility index (Phi) is 11.8. The van der Waals surface area contributed by atoms with Gasteiger partial charge in [0.2, 0.25) is 5.91 Å². The highest BCUT2D eigenvalue weighted by molar-refractivity contribution is 8.00. The number of nitrogens with one attached hydrogen (secondary N) is 2. The molecule has 3 aromatic carbocycles. The van der Waals surface area contributed by atoms with Gasteiger partial charge in [-0.1, -0.05) is 80.6 Å². The van der Waals surface area contributed by atoms with Gasteiger partial charge in [-0.15, -0.1) is 11.8 Å². The van der Waals surface area contributed by atoms with Crippen molar-refractivity contribution in [1.29, 1.82) is 0 Å². The standard InChI is InChI=1S/C37H48N4O6S/c1-23(2)30(39-29(42)21-46-28-19-13-17-25-16-11-12-18-26(25)28)35(45)47-31(27(38)20-24-14-9-8-10-15-24)34(44)41-22-48-37(6,7)32(41)33(43)40-36(3,4)5/h8-19,23,27,30-32H,20-22,38H2,1-7H3,(H,39,42)(H,40,43)/t27-,30-,31-,32+/m0/s1. The third-order valence-corrected chi connectivity index (χ3v) is 9.49. The maximum Gasteiger partial charge on any atom is 0.329 e. The molecule has 1 heterocycles. The van der Waals surface area contributed by atoms with E-state index in [0.717, 1.165) is 16.3 Å². The first-order valence-corrected chi connectivity index (χ1v) is 17.2. The highest BCUT2D eigenvalue weighted by atomic mass is 32.2. The summed E-state index contributed by atoms with van der Waals surface area (Å²) in [6.45, 7) is 12.7. The molecule has 11 heteroatoms. The van der Waals surface area contributed by atoms with E-state index in [0.29, 0.717) is 5.75 Å². The lowest BCUT2D eigenvalue weighted by Gasteiger charge is -2.36. The molecule has 0 bridgehead atoms. The second kappa shape index (κ2) is 15.4. The Bertz CT molecular complexity index is 1600. The van der Waals surface area contributed by atoms with Gasteiger partial charge in [-0.3, -0.25) is 14.4 Å². The predicted molar refractivity (Wildman–Crippen MR) is 189 cm³/mol. The number of hydrogen-bond donors (Lipinski definition) is 3. The van der Waals surface area contributed by atoms with E-state index in [-0.39, 0.29) is 30.7 Å². The van der Waals surface area contributed by atoms with E-state index in [9.17, 15) is 19.2 Å². The van der Waals surface area contributed by atoms with E-state index in [1.54, 1.807) is 19.9 Å². The van der Waals surface area contributed by atoms with Crippen molar-refractivity contribution in [3.8, 4) is 5.75 Å². The second-order valence-electron chi connectivity index (χ2n) is 14.1. The summed E-state index contributed by atoms with van der Waals surface area (Å²) in [7, 11) is 0. The first-order chi connectivity index (χ1) is 22.6. The van der Waals surface area contributed by atoms with Crippen molar-refractivity contribution in [2.75, 3.05) is 12.5 Å². The van der Waals surface area contributed by atoms with Crippen LogP contribution in [0.15, 0.2) is 72.8 Å². The van der Waals surface area contributed by atoms with Gasteiger partial charge in [-0.2, -0.15) is 0 Å². The number of benzene rings is 3. The van der Waals surface area contributed by atoms with Crippen LogP contribution in [-0.4, -0.2) is 75.6 Å².